The van der Waals surface area contributed by atoms with Gasteiger partial charge in [-0.25, -0.2) is 4.79 Å². The summed E-state index contributed by atoms with van der Waals surface area (Å²) in [4.78, 5) is 11.9. The maximum absolute atomic E-state index is 11.9. The molecule has 1 aliphatic rings. The van der Waals surface area contributed by atoms with E-state index in [-0.39, 0.29) is 12.0 Å². The lowest BCUT2D eigenvalue weighted by atomic mass is 10.0. The Labute approximate surface area is 160 Å². The highest BCUT2D eigenvalue weighted by molar-refractivity contribution is 5.99. The lowest BCUT2D eigenvalue weighted by Crippen LogP contribution is -2.18. The van der Waals surface area contributed by atoms with Crippen LogP contribution < -0.4 is 0 Å². The van der Waals surface area contributed by atoms with Crippen LogP contribution in [0.4, 0.5) is 0 Å². The third kappa shape index (κ3) is 4.94. The van der Waals surface area contributed by atoms with Crippen molar-refractivity contribution >= 4 is 17.8 Å². The fraction of sp³-hybridized carbons (Fsp3) is 0.217. The molecular formula is C23H24N2O2. The molecule has 0 radical (unpaired) electrons. The van der Waals surface area contributed by atoms with Crippen molar-refractivity contribution in [2.45, 2.75) is 26.3 Å². The lowest BCUT2D eigenvalue weighted by Gasteiger charge is -2.24. The molecule has 0 spiro atoms. The molecule has 27 heavy (non-hydrogen) atoms. The van der Waals surface area contributed by atoms with E-state index >= 15 is 0 Å². The lowest BCUT2D eigenvalue weighted by molar-refractivity contribution is -0.137. The van der Waals surface area contributed by atoms with E-state index in [0.717, 1.165) is 23.4 Å². The minimum absolute atomic E-state index is 0.0623. The number of hydrogen-bond donors (Lipinski definition) is 0. The molecule has 0 saturated carbocycles. The highest BCUT2D eigenvalue weighted by Crippen LogP contribution is 2.34. The molecule has 0 unspecified atom stereocenters. The summed E-state index contributed by atoms with van der Waals surface area (Å²) in [6.45, 7) is 4.05. The van der Waals surface area contributed by atoms with E-state index in [4.69, 9.17) is 9.84 Å². The fourth-order valence-corrected chi connectivity index (χ4v) is 3.07. The number of esters is 1. The summed E-state index contributed by atoms with van der Waals surface area (Å²) in [7, 11) is 0. The molecule has 2 aromatic rings. The maximum Gasteiger partial charge on any atom is 0.332 e. The van der Waals surface area contributed by atoms with E-state index in [9.17, 15) is 4.79 Å². The van der Waals surface area contributed by atoms with Crippen LogP contribution in [0.2, 0.25) is 0 Å². The van der Waals surface area contributed by atoms with E-state index in [2.05, 4.69) is 30.3 Å². The zero-order valence-corrected chi connectivity index (χ0v) is 15.7. The monoisotopic (exact) mass is 360 g/mol. The SMILES string of the molecule is CCOC(=O)/C=C(/C)N1N=C(/C=C/c2ccccc2)C[C@H]1c1ccccc1. The summed E-state index contributed by atoms with van der Waals surface area (Å²) in [5, 5.41) is 6.67. The Morgan fingerprint density at radius 3 is 2.44 bits per heavy atom. The van der Waals surface area contributed by atoms with Gasteiger partial charge in [0.05, 0.1) is 18.4 Å². The fourth-order valence-electron chi connectivity index (χ4n) is 3.07. The topological polar surface area (TPSA) is 41.9 Å². The van der Waals surface area contributed by atoms with Crippen molar-refractivity contribution in [1.82, 2.24) is 5.01 Å². The predicted octanol–water partition coefficient (Wildman–Crippen LogP) is 4.97. The van der Waals surface area contributed by atoms with Crippen LogP contribution >= 0.6 is 0 Å². The number of allylic oxidation sites excluding steroid dienone is 2. The van der Waals surface area contributed by atoms with E-state index in [1.54, 1.807) is 6.92 Å². The molecule has 0 bridgehead atoms. The molecule has 1 atom stereocenters. The van der Waals surface area contributed by atoms with Crippen molar-refractivity contribution in [2.24, 2.45) is 5.10 Å². The van der Waals surface area contributed by atoms with Crippen LogP contribution in [-0.4, -0.2) is 23.3 Å². The summed E-state index contributed by atoms with van der Waals surface area (Å²) in [5.74, 6) is -0.342. The van der Waals surface area contributed by atoms with Crippen molar-refractivity contribution in [2.75, 3.05) is 6.61 Å². The minimum atomic E-state index is -0.342. The van der Waals surface area contributed by atoms with Gasteiger partial charge >= 0.3 is 5.97 Å². The van der Waals surface area contributed by atoms with Crippen molar-refractivity contribution in [3.63, 3.8) is 0 Å². The second-order valence-electron chi connectivity index (χ2n) is 6.35. The van der Waals surface area contributed by atoms with Crippen LogP contribution in [0.3, 0.4) is 0 Å². The highest BCUT2D eigenvalue weighted by atomic mass is 16.5. The third-order valence-corrected chi connectivity index (χ3v) is 4.36. The molecule has 0 aromatic heterocycles. The van der Waals surface area contributed by atoms with Crippen LogP contribution in [0, 0.1) is 0 Å². The Balaban J connectivity index is 1.86. The number of nitrogens with zero attached hydrogens (tertiary/aromatic N) is 2. The molecule has 1 heterocycles. The average molecular weight is 360 g/mol. The molecule has 4 heteroatoms. The van der Waals surface area contributed by atoms with Gasteiger partial charge in [0, 0.05) is 18.2 Å². The quantitative estimate of drug-likeness (QED) is 0.539. The number of rotatable bonds is 6. The standard InChI is InChI=1S/C23H24N2O2/c1-3-27-23(26)16-18(2)25-22(20-12-8-5-9-13-20)17-21(24-25)15-14-19-10-6-4-7-11-19/h4-16,22H,3,17H2,1-2H3/b15-14+,18-16-/t22-/m0/s1. The first-order chi connectivity index (χ1) is 13.2. The Kier molecular flexibility index (Phi) is 6.21. The van der Waals surface area contributed by atoms with Gasteiger partial charge in [0.25, 0.3) is 0 Å². The van der Waals surface area contributed by atoms with E-state index in [0.29, 0.717) is 6.61 Å². The molecule has 0 N–H and O–H groups in total. The minimum Gasteiger partial charge on any atom is -0.463 e. The largest absolute Gasteiger partial charge is 0.463 e. The van der Waals surface area contributed by atoms with Gasteiger partial charge in [-0.15, -0.1) is 0 Å². The molecular weight excluding hydrogens is 336 g/mol. The van der Waals surface area contributed by atoms with Crippen LogP contribution in [0.1, 0.15) is 37.4 Å². The Morgan fingerprint density at radius 2 is 1.78 bits per heavy atom. The van der Waals surface area contributed by atoms with Crippen LogP contribution in [-0.2, 0) is 9.53 Å². The Hall–Kier alpha value is -3.14. The summed E-state index contributed by atoms with van der Waals surface area (Å²) in [5.41, 5.74) is 4.05. The average Bonchev–Trinajstić information content (AvgIpc) is 3.12. The maximum atomic E-state index is 11.9. The van der Waals surface area contributed by atoms with Gasteiger partial charge in [0.2, 0.25) is 0 Å². The Bertz CT molecular complexity index is 854. The first kappa shape index (κ1) is 18.6. The van der Waals surface area contributed by atoms with Gasteiger partial charge in [-0.2, -0.15) is 5.10 Å². The zero-order valence-electron chi connectivity index (χ0n) is 15.7. The van der Waals surface area contributed by atoms with Gasteiger partial charge in [0.1, 0.15) is 0 Å². The van der Waals surface area contributed by atoms with Gasteiger partial charge in [0.15, 0.2) is 0 Å². The van der Waals surface area contributed by atoms with Crippen LogP contribution in [0.15, 0.2) is 83.6 Å². The van der Waals surface area contributed by atoms with E-state index in [1.165, 1.54) is 11.6 Å². The van der Waals surface area contributed by atoms with Crippen molar-refractivity contribution in [1.29, 1.82) is 0 Å². The van der Waals surface area contributed by atoms with Crippen molar-refractivity contribution in [3.8, 4) is 0 Å². The van der Waals surface area contributed by atoms with Crippen LogP contribution in [0.5, 0.6) is 0 Å². The number of benzene rings is 2. The second-order valence-corrected chi connectivity index (χ2v) is 6.35. The molecule has 0 aliphatic carbocycles. The normalized spacial score (nSPS) is 17.3. The summed E-state index contributed by atoms with van der Waals surface area (Å²) >= 11 is 0. The zero-order chi connectivity index (χ0) is 19.1. The highest BCUT2D eigenvalue weighted by Gasteiger charge is 2.28. The smallest absolute Gasteiger partial charge is 0.332 e. The molecule has 1 aliphatic heterocycles. The summed E-state index contributed by atoms with van der Waals surface area (Å²) in [6, 6.07) is 20.4. The molecule has 0 saturated heterocycles. The van der Waals surface area contributed by atoms with Gasteiger partial charge in [-0.1, -0.05) is 66.7 Å². The molecule has 2 aromatic carbocycles. The first-order valence-corrected chi connectivity index (χ1v) is 9.17. The number of carbonyl (C=O) groups is 1. The first-order valence-electron chi connectivity index (χ1n) is 9.17. The Morgan fingerprint density at radius 1 is 1.11 bits per heavy atom. The third-order valence-electron chi connectivity index (χ3n) is 4.36. The number of hydrogen-bond acceptors (Lipinski definition) is 4. The van der Waals surface area contributed by atoms with Crippen molar-refractivity contribution in [3.05, 3.63) is 89.6 Å². The van der Waals surface area contributed by atoms with Crippen molar-refractivity contribution < 1.29 is 9.53 Å². The van der Waals surface area contributed by atoms with E-state index in [1.807, 2.05) is 54.4 Å². The summed E-state index contributed by atoms with van der Waals surface area (Å²) in [6.07, 6.45) is 6.39. The van der Waals surface area contributed by atoms with Gasteiger partial charge < -0.3 is 4.74 Å². The van der Waals surface area contributed by atoms with E-state index < -0.39 is 0 Å². The number of hydrazone groups is 1. The summed E-state index contributed by atoms with van der Waals surface area (Å²) < 4.78 is 5.04. The molecule has 0 amide bonds. The molecule has 4 nitrogen and oxygen atoms in total. The predicted molar refractivity (Wildman–Crippen MR) is 109 cm³/mol. The van der Waals surface area contributed by atoms with Gasteiger partial charge in [-0.3, -0.25) is 5.01 Å². The number of ether oxygens (including phenoxy) is 1. The molecule has 3 rings (SSSR count). The van der Waals surface area contributed by atoms with Crippen LogP contribution in [0.25, 0.3) is 6.08 Å². The molecule has 0 fully saturated rings. The number of carbonyl (C=O) groups excluding carboxylic acids is 1. The molecule has 138 valence electrons. The van der Waals surface area contributed by atoms with Gasteiger partial charge in [-0.05, 0) is 31.1 Å². The second kappa shape index (κ2) is 8.99.